The maximum atomic E-state index is 2.51. The van der Waals surface area contributed by atoms with E-state index in [9.17, 15) is 0 Å². The highest BCUT2D eigenvalue weighted by molar-refractivity contribution is 5.29. The van der Waals surface area contributed by atoms with E-state index in [-0.39, 0.29) is 5.41 Å². The van der Waals surface area contributed by atoms with Gasteiger partial charge < -0.3 is 4.90 Å². The van der Waals surface area contributed by atoms with Crippen LogP contribution >= 0.6 is 0 Å². The summed E-state index contributed by atoms with van der Waals surface area (Å²) in [6, 6.07) is 9.14. The lowest BCUT2D eigenvalue weighted by Crippen LogP contribution is -2.30. The summed E-state index contributed by atoms with van der Waals surface area (Å²) in [7, 11) is 0. The molecular weight excluding hydrogens is 254 g/mol. The van der Waals surface area contributed by atoms with Crippen LogP contribution in [0.15, 0.2) is 36.0 Å². The molecule has 21 heavy (non-hydrogen) atoms. The van der Waals surface area contributed by atoms with Gasteiger partial charge in [0.1, 0.15) is 0 Å². The van der Waals surface area contributed by atoms with Crippen LogP contribution < -0.4 is 0 Å². The monoisotopic (exact) mass is 285 g/mol. The van der Waals surface area contributed by atoms with Crippen molar-refractivity contribution in [3.63, 3.8) is 0 Å². The number of piperidine rings is 1. The molecule has 1 unspecified atom stereocenters. The van der Waals surface area contributed by atoms with E-state index in [0.717, 1.165) is 12.3 Å². The first-order chi connectivity index (χ1) is 9.84. The van der Waals surface area contributed by atoms with Gasteiger partial charge in [-0.2, -0.15) is 0 Å². The van der Waals surface area contributed by atoms with Crippen molar-refractivity contribution in [2.45, 2.75) is 59.3 Å². The Hall–Kier alpha value is -1.24. The Morgan fingerprint density at radius 1 is 1.24 bits per heavy atom. The lowest BCUT2D eigenvalue weighted by molar-refractivity contribution is 0.246. The van der Waals surface area contributed by atoms with Gasteiger partial charge in [-0.1, -0.05) is 57.5 Å². The number of nitrogens with zero attached hydrogens (tertiary/aromatic N) is 1. The number of hydrogen-bond donors (Lipinski definition) is 0. The van der Waals surface area contributed by atoms with Gasteiger partial charge in [0.2, 0.25) is 0 Å². The summed E-state index contributed by atoms with van der Waals surface area (Å²) in [5.74, 6) is 0.842. The Morgan fingerprint density at radius 3 is 2.48 bits per heavy atom. The van der Waals surface area contributed by atoms with Gasteiger partial charge >= 0.3 is 0 Å². The first-order valence-corrected chi connectivity index (χ1v) is 8.35. The third kappa shape index (κ3) is 4.91. The van der Waals surface area contributed by atoms with Crippen molar-refractivity contribution in [3.8, 4) is 0 Å². The minimum atomic E-state index is 0.243. The van der Waals surface area contributed by atoms with Crippen LogP contribution in [0, 0.1) is 5.92 Å². The van der Waals surface area contributed by atoms with Crippen molar-refractivity contribution in [2.75, 3.05) is 13.1 Å². The zero-order valence-electron chi connectivity index (χ0n) is 14.4. The molecule has 1 aromatic carbocycles. The van der Waals surface area contributed by atoms with Gasteiger partial charge in [-0.15, -0.1) is 0 Å². The van der Waals surface area contributed by atoms with Crippen molar-refractivity contribution >= 4 is 0 Å². The van der Waals surface area contributed by atoms with Crippen LogP contribution in [0.25, 0.3) is 0 Å². The highest BCUT2D eigenvalue weighted by Gasteiger charge is 2.14. The molecule has 0 amide bonds. The fourth-order valence-corrected chi connectivity index (χ4v) is 3.14. The van der Waals surface area contributed by atoms with Crippen molar-refractivity contribution in [1.29, 1.82) is 0 Å². The lowest BCUT2D eigenvalue weighted by Gasteiger charge is -2.30. The predicted octanol–water partition coefficient (Wildman–Crippen LogP) is 5.16. The molecule has 1 saturated heterocycles. The van der Waals surface area contributed by atoms with E-state index in [1.807, 2.05) is 0 Å². The number of allylic oxidation sites excluding steroid dienone is 1. The minimum absolute atomic E-state index is 0.243. The van der Waals surface area contributed by atoms with Gasteiger partial charge in [0.25, 0.3) is 0 Å². The molecule has 0 N–H and O–H groups in total. The molecule has 1 aromatic rings. The largest absolute Gasteiger partial charge is 0.377 e. The summed E-state index contributed by atoms with van der Waals surface area (Å²) >= 11 is 0. The first-order valence-electron chi connectivity index (χ1n) is 8.35. The number of likely N-dealkylation sites (tertiary alicyclic amines) is 1. The highest BCUT2D eigenvalue weighted by atomic mass is 15.1. The van der Waals surface area contributed by atoms with Gasteiger partial charge in [0.05, 0.1) is 0 Å². The first kappa shape index (κ1) is 16.1. The molecule has 1 atom stereocenters. The Morgan fingerprint density at radius 2 is 1.90 bits per heavy atom. The van der Waals surface area contributed by atoms with E-state index in [2.05, 4.69) is 70.0 Å². The maximum absolute atomic E-state index is 2.51. The van der Waals surface area contributed by atoms with Crippen molar-refractivity contribution < 1.29 is 0 Å². The summed E-state index contributed by atoms with van der Waals surface area (Å²) in [4.78, 5) is 2.51. The molecule has 2 rings (SSSR count). The van der Waals surface area contributed by atoms with Gasteiger partial charge in [0, 0.05) is 13.1 Å². The van der Waals surface area contributed by atoms with Crippen molar-refractivity contribution in [1.82, 2.24) is 4.90 Å². The van der Waals surface area contributed by atoms with Crippen LogP contribution in [-0.2, 0) is 11.8 Å². The molecule has 0 aromatic heterocycles. The van der Waals surface area contributed by atoms with E-state index < -0.39 is 0 Å². The van der Waals surface area contributed by atoms with Crippen LogP contribution in [-0.4, -0.2) is 18.0 Å². The summed E-state index contributed by atoms with van der Waals surface area (Å²) in [5, 5.41) is 0. The molecule has 1 heterocycles. The average molecular weight is 285 g/mol. The molecule has 1 heteroatoms. The van der Waals surface area contributed by atoms with E-state index in [1.165, 1.54) is 42.6 Å². The van der Waals surface area contributed by atoms with E-state index in [1.54, 1.807) is 0 Å². The van der Waals surface area contributed by atoms with Gasteiger partial charge in [-0.05, 0) is 54.8 Å². The van der Waals surface area contributed by atoms with Gasteiger partial charge in [-0.25, -0.2) is 0 Å². The summed E-state index contributed by atoms with van der Waals surface area (Å²) in [5.41, 5.74) is 4.54. The molecule has 0 spiro atoms. The smallest absolute Gasteiger partial charge is 0.0198 e. The number of rotatable bonds is 3. The number of benzene rings is 1. The standard InChI is InChI=1S/C20H31N/c1-16-7-6-12-21(14-16)15-17(2)13-18-8-10-19(11-9-18)20(3,4)5/h8-11,15-16H,6-7,12-14H2,1-5H3. The summed E-state index contributed by atoms with van der Waals surface area (Å²) in [6.07, 6.45) is 6.17. The second-order valence-electron chi connectivity index (χ2n) is 7.84. The van der Waals surface area contributed by atoms with Crippen molar-refractivity contribution in [2.24, 2.45) is 5.92 Å². The normalized spacial score (nSPS) is 20.7. The topological polar surface area (TPSA) is 3.24 Å². The quantitative estimate of drug-likeness (QED) is 0.741. The second kappa shape index (κ2) is 6.68. The fraction of sp³-hybridized carbons (Fsp3) is 0.600. The molecule has 1 nitrogen and oxygen atoms in total. The Kier molecular flexibility index (Phi) is 5.13. The highest BCUT2D eigenvalue weighted by Crippen LogP contribution is 2.23. The van der Waals surface area contributed by atoms with Crippen LogP contribution in [0.4, 0.5) is 0 Å². The molecular formula is C20H31N. The number of hydrogen-bond acceptors (Lipinski definition) is 1. The van der Waals surface area contributed by atoms with Crippen LogP contribution in [0.3, 0.4) is 0 Å². The molecule has 0 saturated carbocycles. The van der Waals surface area contributed by atoms with Gasteiger partial charge in [0.15, 0.2) is 0 Å². The molecule has 0 radical (unpaired) electrons. The molecule has 1 aliphatic rings. The second-order valence-corrected chi connectivity index (χ2v) is 7.84. The third-order valence-corrected chi connectivity index (χ3v) is 4.39. The van der Waals surface area contributed by atoms with E-state index in [0.29, 0.717) is 0 Å². The summed E-state index contributed by atoms with van der Waals surface area (Å²) < 4.78 is 0. The Labute approximate surface area is 131 Å². The Bertz CT molecular complexity index is 476. The lowest BCUT2D eigenvalue weighted by atomic mass is 9.86. The van der Waals surface area contributed by atoms with E-state index >= 15 is 0 Å². The maximum Gasteiger partial charge on any atom is 0.0198 e. The van der Waals surface area contributed by atoms with Crippen molar-refractivity contribution in [3.05, 3.63) is 47.2 Å². The zero-order valence-corrected chi connectivity index (χ0v) is 14.4. The SMILES string of the molecule is CC(=CN1CCCC(C)C1)Cc1ccc(C(C)(C)C)cc1. The van der Waals surface area contributed by atoms with Crippen LogP contribution in [0.5, 0.6) is 0 Å². The van der Waals surface area contributed by atoms with Crippen LogP contribution in [0.1, 0.15) is 58.6 Å². The average Bonchev–Trinajstić information content (AvgIpc) is 2.38. The predicted molar refractivity (Wildman–Crippen MR) is 92.6 cm³/mol. The molecule has 116 valence electrons. The fourth-order valence-electron chi connectivity index (χ4n) is 3.14. The molecule has 1 aliphatic heterocycles. The summed E-state index contributed by atoms with van der Waals surface area (Å²) in [6.45, 7) is 13.9. The molecule has 0 bridgehead atoms. The third-order valence-electron chi connectivity index (χ3n) is 4.39. The van der Waals surface area contributed by atoms with Gasteiger partial charge in [-0.3, -0.25) is 0 Å². The molecule has 0 aliphatic carbocycles. The Balaban J connectivity index is 1.97. The minimum Gasteiger partial charge on any atom is -0.377 e. The zero-order chi connectivity index (χ0) is 15.5. The van der Waals surface area contributed by atoms with E-state index in [4.69, 9.17) is 0 Å². The molecule has 1 fully saturated rings. The van der Waals surface area contributed by atoms with Crippen LogP contribution in [0.2, 0.25) is 0 Å².